The highest BCUT2D eigenvalue weighted by atomic mass is 16.3. The summed E-state index contributed by atoms with van der Waals surface area (Å²) in [6, 6.07) is 10.1. The van der Waals surface area contributed by atoms with Gasteiger partial charge in [-0.1, -0.05) is 6.07 Å². The average Bonchev–Trinajstić information content (AvgIpc) is 3.04. The lowest BCUT2D eigenvalue weighted by Crippen LogP contribution is -2.49. The van der Waals surface area contributed by atoms with E-state index in [4.69, 9.17) is 10.2 Å². The van der Waals surface area contributed by atoms with Gasteiger partial charge in [0, 0.05) is 38.9 Å². The summed E-state index contributed by atoms with van der Waals surface area (Å²) in [7, 11) is 0. The first-order valence-corrected chi connectivity index (χ1v) is 7.02. The van der Waals surface area contributed by atoms with Gasteiger partial charge in [-0.05, 0) is 24.3 Å². The Morgan fingerprint density at radius 3 is 2.60 bits per heavy atom. The first-order valence-electron chi connectivity index (χ1n) is 7.02. The highest BCUT2D eigenvalue weighted by molar-refractivity contribution is 5.38. The van der Waals surface area contributed by atoms with Gasteiger partial charge in [0.05, 0.1) is 12.3 Å². The summed E-state index contributed by atoms with van der Waals surface area (Å²) in [5, 5.41) is 0. The van der Waals surface area contributed by atoms with Crippen LogP contribution in [0.3, 0.4) is 0 Å². The van der Waals surface area contributed by atoms with Crippen molar-refractivity contribution in [1.29, 1.82) is 0 Å². The van der Waals surface area contributed by atoms with Gasteiger partial charge in [0.2, 0.25) is 0 Å². The minimum absolute atomic E-state index is 0.177. The smallest absolute Gasteiger partial charge is 0.128 e. The van der Waals surface area contributed by atoms with Crippen molar-refractivity contribution in [2.24, 2.45) is 5.73 Å². The second kappa shape index (κ2) is 6.07. The van der Waals surface area contributed by atoms with Crippen molar-refractivity contribution in [2.45, 2.75) is 6.04 Å². The Hall–Kier alpha value is -1.85. The Balaban J connectivity index is 1.63. The maximum absolute atomic E-state index is 5.91. The van der Waals surface area contributed by atoms with Crippen LogP contribution in [0.5, 0.6) is 0 Å². The fourth-order valence-corrected chi connectivity index (χ4v) is 2.73. The van der Waals surface area contributed by atoms with E-state index in [1.807, 2.05) is 30.5 Å². The van der Waals surface area contributed by atoms with E-state index in [-0.39, 0.29) is 6.04 Å². The van der Waals surface area contributed by atoms with E-state index in [2.05, 4.69) is 20.9 Å². The van der Waals surface area contributed by atoms with Crippen LogP contribution in [-0.4, -0.2) is 42.6 Å². The molecule has 1 fully saturated rings. The van der Waals surface area contributed by atoms with Gasteiger partial charge in [-0.15, -0.1) is 0 Å². The third kappa shape index (κ3) is 2.69. The number of hydrogen-bond donors (Lipinski definition) is 1. The topological polar surface area (TPSA) is 58.5 Å². The molecule has 1 aliphatic rings. The largest absolute Gasteiger partial charge is 0.468 e. The molecule has 0 saturated carbocycles. The van der Waals surface area contributed by atoms with Gasteiger partial charge in [-0.2, -0.15) is 0 Å². The van der Waals surface area contributed by atoms with E-state index in [1.54, 1.807) is 6.26 Å². The van der Waals surface area contributed by atoms with Gasteiger partial charge in [-0.3, -0.25) is 4.90 Å². The Labute approximate surface area is 119 Å². The molecule has 0 bridgehead atoms. The lowest BCUT2D eigenvalue weighted by Gasteiger charge is -2.38. The van der Waals surface area contributed by atoms with E-state index in [9.17, 15) is 0 Å². The summed E-state index contributed by atoms with van der Waals surface area (Å²) in [6.07, 6.45) is 3.55. The van der Waals surface area contributed by atoms with Crippen LogP contribution in [0.15, 0.2) is 47.2 Å². The molecule has 2 N–H and O–H groups in total. The first kappa shape index (κ1) is 13.1. The van der Waals surface area contributed by atoms with Crippen molar-refractivity contribution in [3.63, 3.8) is 0 Å². The number of pyridine rings is 1. The SMILES string of the molecule is NCC(c1ccco1)N1CCN(c2ccccn2)CC1. The molecule has 1 unspecified atom stereocenters. The van der Waals surface area contributed by atoms with Crippen molar-refractivity contribution in [3.8, 4) is 0 Å². The van der Waals surface area contributed by atoms with Gasteiger partial charge in [0.1, 0.15) is 11.6 Å². The van der Waals surface area contributed by atoms with Crippen molar-refractivity contribution in [2.75, 3.05) is 37.6 Å². The van der Waals surface area contributed by atoms with Crippen LogP contribution in [0.1, 0.15) is 11.8 Å². The standard InChI is InChI=1S/C15H20N4O/c16-12-13(14-4-3-11-20-14)18-7-9-19(10-8-18)15-5-1-2-6-17-15/h1-6,11,13H,7-10,12,16H2. The molecule has 20 heavy (non-hydrogen) atoms. The van der Waals surface area contributed by atoms with Crippen LogP contribution in [-0.2, 0) is 0 Å². The van der Waals surface area contributed by atoms with E-state index in [1.165, 1.54) is 0 Å². The minimum atomic E-state index is 0.177. The molecule has 0 radical (unpaired) electrons. The van der Waals surface area contributed by atoms with E-state index in [0.29, 0.717) is 6.54 Å². The predicted octanol–water partition coefficient (Wildman–Crippen LogP) is 1.50. The van der Waals surface area contributed by atoms with Crippen molar-refractivity contribution in [3.05, 3.63) is 48.6 Å². The van der Waals surface area contributed by atoms with E-state index >= 15 is 0 Å². The summed E-state index contributed by atoms with van der Waals surface area (Å²) < 4.78 is 5.50. The normalized spacial score (nSPS) is 18.1. The molecule has 0 spiro atoms. The molecule has 5 heteroatoms. The lowest BCUT2D eigenvalue weighted by atomic mass is 10.1. The zero-order chi connectivity index (χ0) is 13.8. The number of hydrogen-bond acceptors (Lipinski definition) is 5. The maximum atomic E-state index is 5.91. The van der Waals surface area contributed by atoms with Crippen molar-refractivity contribution < 1.29 is 4.42 Å². The highest BCUT2D eigenvalue weighted by Crippen LogP contribution is 2.22. The molecule has 2 aromatic rings. The molecule has 0 aliphatic carbocycles. The fraction of sp³-hybridized carbons (Fsp3) is 0.400. The zero-order valence-corrected chi connectivity index (χ0v) is 11.5. The predicted molar refractivity (Wildman–Crippen MR) is 78.5 cm³/mol. The van der Waals surface area contributed by atoms with Crippen LogP contribution in [0.2, 0.25) is 0 Å². The van der Waals surface area contributed by atoms with Crippen LogP contribution in [0.25, 0.3) is 0 Å². The Morgan fingerprint density at radius 1 is 1.15 bits per heavy atom. The van der Waals surface area contributed by atoms with Gasteiger partial charge in [0.15, 0.2) is 0 Å². The molecular formula is C15H20N4O. The number of rotatable bonds is 4. The van der Waals surface area contributed by atoms with Crippen LogP contribution in [0.4, 0.5) is 5.82 Å². The van der Waals surface area contributed by atoms with Crippen LogP contribution in [0, 0.1) is 0 Å². The van der Waals surface area contributed by atoms with Gasteiger partial charge >= 0.3 is 0 Å². The van der Waals surface area contributed by atoms with Gasteiger partial charge in [-0.25, -0.2) is 4.98 Å². The minimum Gasteiger partial charge on any atom is -0.468 e. The molecule has 3 heterocycles. The summed E-state index contributed by atoms with van der Waals surface area (Å²) in [6.45, 7) is 4.46. The molecule has 5 nitrogen and oxygen atoms in total. The van der Waals surface area contributed by atoms with Crippen LogP contribution >= 0.6 is 0 Å². The van der Waals surface area contributed by atoms with E-state index in [0.717, 1.165) is 37.8 Å². The summed E-state index contributed by atoms with van der Waals surface area (Å²) in [5.74, 6) is 2.01. The average molecular weight is 272 g/mol. The molecule has 1 atom stereocenters. The summed E-state index contributed by atoms with van der Waals surface area (Å²) in [5.41, 5.74) is 5.91. The third-order valence-corrected chi connectivity index (χ3v) is 3.82. The number of anilines is 1. The second-order valence-corrected chi connectivity index (χ2v) is 4.98. The fourth-order valence-electron chi connectivity index (χ4n) is 2.73. The van der Waals surface area contributed by atoms with Crippen molar-refractivity contribution >= 4 is 5.82 Å². The number of nitrogens with two attached hydrogens (primary N) is 1. The van der Waals surface area contributed by atoms with Crippen molar-refractivity contribution in [1.82, 2.24) is 9.88 Å². The summed E-state index contributed by atoms with van der Waals surface area (Å²) in [4.78, 5) is 9.11. The van der Waals surface area contributed by atoms with E-state index < -0.39 is 0 Å². The Morgan fingerprint density at radius 2 is 2.00 bits per heavy atom. The Kier molecular flexibility index (Phi) is 3.99. The molecule has 1 saturated heterocycles. The maximum Gasteiger partial charge on any atom is 0.128 e. The van der Waals surface area contributed by atoms with Gasteiger partial charge in [0.25, 0.3) is 0 Å². The highest BCUT2D eigenvalue weighted by Gasteiger charge is 2.26. The molecule has 106 valence electrons. The Bertz CT molecular complexity index is 506. The molecule has 3 rings (SSSR count). The molecule has 1 aliphatic heterocycles. The van der Waals surface area contributed by atoms with Crippen LogP contribution < -0.4 is 10.6 Å². The molecule has 0 amide bonds. The number of furan rings is 1. The molecular weight excluding hydrogens is 252 g/mol. The number of piperazine rings is 1. The molecule has 2 aromatic heterocycles. The number of aromatic nitrogens is 1. The first-order chi connectivity index (χ1) is 9.88. The monoisotopic (exact) mass is 272 g/mol. The second-order valence-electron chi connectivity index (χ2n) is 4.98. The van der Waals surface area contributed by atoms with Gasteiger partial charge < -0.3 is 15.1 Å². The third-order valence-electron chi connectivity index (χ3n) is 3.82. The lowest BCUT2D eigenvalue weighted by molar-refractivity contribution is 0.169. The number of nitrogens with zero attached hydrogens (tertiary/aromatic N) is 3. The molecule has 0 aromatic carbocycles. The zero-order valence-electron chi connectivity index (χ0n) is 11.5. The summed E-state index contributed by atoms with van der Waals surface area (Å²) >= 11 is 0. The quantitative estimate of drug-likeness (QED) is 0.914.